The molecule has 2 aromatic heterocycles. The van der Waals surface area contributed by atoms with Crippen LogP contribution in [-0.4, -0.2) is 5.78 Å². The number of carbonyl (C=O) groups is 1. The van der Waals surface area contributed by atoms with E-state index < -0.39 is 0 Å². The highest BCUT2D eigenvalue weighted by molar-refractivity contribution is 7.21. The Labute approximate surface area is 134 Å². The number of ketones is 1. The van der Waals surface area contributed by atoms with Crippen molar-refractivity contribution in [2.75, 3.05) is 11.5 Å². The lowest BCUT2D eigenvalue weighted by Gasteiger charge is -1.99. The van der Waals surface area contributed by atoms with Crippen LogP contribution in [0.25, 0.3) is 10.2 Å². The number of pyridine rings is 1. The van der Waals surface area contributed by atoms with Crippen molar-refractivity contribution in [1.29, 1.82) is 5.26 Å². The van der Waals surface area contributed by atoms with Crippen LogP contribution < -0.4 is 16.5 Å². The fourth-order valence-electron chi connectivity index (χ4n) is 2.10. The third-order valence-corrected chi connectivity index (χ3v) is 4.63. The van der Waals surface area contributed by atoms with Gasteiger partial charge in [0.1, 0.15) is 16.5 Å². The molecular formula is C15H10ClN4OS+. The number of halogens is 1. The van der Waals surface area contributed by atoms with Gasteiger partial charge in [-0.25, -0.2) is 4.98 Å². The second kappa shape index (κ2) is 5.30. The summed E-state index contributed by atoms with van der Waals surface area (Å²) in [6.07, 6.45) is 0. The minimum absolute atomic E-state index is 0.194. The van der Waals surface area contributed by atoms with Gasteiger partial charge in [0.2, 0.25) is 5.78 Å². The van der Waals surface area contributed by atoms with E-state index in [0.29, 0.717) is 36.9 Å². The van der Waals surface area contributed by atoms with Crippen LogP contribution >= 0.6 is 22.9 Å². The predicted molar refractivity (Wildman–Crippen MR) is 86.8 cm³/mol. The molecule has 1 aromatic carbocycles. The number of H-pyrrole nitrogens is 1. The highest BCUT2D eigenvalue weighted by Crippen LogP contribution is 2.34. The van der Waals surface area contributed by atoms with Gasteiger partial charge in [-0.15, -0.1) is 0 Å². The van der Waals surface area contributed by atoms with Crippen molar-refractivity contribution in [2.45, 2.75) is 0 Å². The van der Waals surface area contributed by atoms with Crippen LogP contribution in [0.4, 0.5) is 11.5 Å². The monoisotopic (exact) mass is 329 g/mol. The molecule has 0 fully saturated rings. The van der Waals surface area contributed by atoms with Gasteiger partial charge in [0.25, 0.3) is 5.82 Å². The summed E-state index contributed by atoms with van der Waals surface area (Å²) in [7, 11) is 0. The molecule has 0 aliphatic heterocycles. The van der Waals surface area contributed by atoms with Crippen molar-refractivity contribution < 1.29 is 9.78 Å². The molecule has 22 heavy (non-hydrogen) atoms. The number of anilines is 2. The lowest BCUT2D eigenvalue weighted by molar-refractivity contribution is -0.323. The third-order valence-electron chi connectivity index (χ3n) is 3.24. The van der Waals surface area contributed by atoms with Gasteiger partial charge in [0.05, 0.1) is 11.1 Å². The van der Waals surface area contributed by atoms with Crippen molar-refractivity contribution in [3.05, 3.63) is 51.4 Å². The lowest BCUT2D eigenvalue weighted by Crippen LogP contribution is -2.11. The Morgan fingerprint density at radius 3 is 2.59 bits per heavy atom. The Morgan fingerprint density at radius 2 is 1.95 bits per heavy atom. The number of nitrogens with two attached hydrogens (primary N) is 2. The van der Waals surface area contributed by atoms with E-state index in [1.165, 1.54) is 11.3 Å². The highest BCUT2D eigenvalue weighted by Gasteiger charge is 2.21. The summed E-state index contributed by atoms with van der Waals surface area (Å²) in [5.74, 6) is 0.0580. The number of rotatable bonds is 2. The van der Waals surface area contributed by atoms with Crippen molar-refractivity contribution in [2.24, 2.45) is 0 Å². The van der Waals surface area contributed by atoms with E-state index in [-0.39, 0.29) is 11.6 Å². The van der Waals surface area contributed by atoms with Crippen LogP contribution in [0.15, 0.2) is 30.3 Å². The van der Waals surface area contributed by atoms with Crippen molar-refractivity contribution in [3.63, 3.8) is 0 Å². The molecule has 108 valence electrons. The van der Waals surface area contributed by atoms with Gasteiger partial charge in [0, 0.05) is 10.6 Å². The molecule has 3 rings (SSSR count). The fourth-order valence-corrected chi connectivity index (χ4v) is 3.30. The van der Waals surface area contributed by atoms with Crippen molar-refractivity contribution >= 4 is 50.4 Å². The van der Waals surface area contributed by atoms with E-state index in [0.717, 1.165) is 0 Å². The molecule has 0 atom stereocenters. The lowest BCUT2D eigenvalue weighted by atomic mass is 10.1. The zero-order chi connectivity index (χ0) is 15.9. The molecule has 0 saturated carbocycles. The quantitative estimate of drug-likeness (QED) is 0.704. The number of nitrogens with zero attached hydrogens (tertiary/aromatic N) is 1. The zero-order valence-corrected chi connectivity index (χ0v) is 12.8. The van der Waals surface area contributed by atoms with E-state index in [2.05, 4.69) is 4.98 Å². The largest absolute Gasteiger partial charge is 0.397 e. The second-order valence-corrected chi connectivity index (χ2v) is 6.09. The molecule has 2 heterocycles. The second-order valence-electron chi connectivity index (χ2n) is 4.63. The normalized spacial score (nSPS) is 10.5. The highest BCUT2D eigenvalue weighted by atomic mass is 35.5. The Hall–Kier alpha value is -2.62. The average Bonchev–Trinajstić information content (AvgIpc) is 2.82. The summed E-state index contributed by atoms with van der Waals surface area (Å²) >= 11 is 7.04. The SMILES string of the molecule is N#Cc1cc2c(N)c(C(=O)c3ccc(Cl)cc3)sc2[nH+]c1N. The van der Waals surface area contributed by atoms with Crippen LogP contribution in [0.3, 0.4) is 0 Å². The maximum Gasteiger partial charge on any atom is 0.289 e. The molecule has 0 spiro atoms. The molecule has 7 heteroatoms. The molecule has 0 amide bonds. The minimum atomic E-state index is -0.194. The summed E-state index contributed by atoms with van der Waals surface area (Å²) in [5.41, 5.74) is 13.0. The van der Waals surface area contributed by atoms with Gasteiger partial charge in [-0.2, -0.15) is 5.26 Å². The fraction of sp³-hybridized carbons (Fsp3) is 0. The van der Waals surface area contributed by atoms with Gasteiger partial charge >= 0.3 is 0 Å². The topological polar surface area (TPSA) is 107 Å². The summed E-state index contributed by atoms with van der Waals surface area (Å²) in [5, 5.41) is 10.2. The van der Waals surface area contributed by atoms with E-state index in [1.807, 2.05) is 6.07 Å². The molecular weight excluding hydrogens is 320 g/mol. The van der Waals surface area contributed by atoms with E-state index >= 15 is 0 Å². The minimum Gasteiger partial charge on any atom is -0.397 e. The number of benzene rings is 1. The van der Waals surface area contributed by atoms with Crippen LogP contribution in [0.5, 0.6) is 0 Å². The number of nitrogens with one attached hydrogen (secondary N) is 1. The third kappa shape index (κ3) is 2.26. The van der Waals surface area contributed by atoms with Crippen LogP contribution in [0.1, 0.15) is 20.8 Å². The summed E-state index contributed by atoms with van der Waals surface area (Å²) in [6, 6.07) is 10.2. The van der Waals surface area contributed by atoms with E-state index in [9.17, 15) is 4.79 Å². The van der Waals surface area contributed by atoms with Gasteiger partial charge in [-0.05, 0) is 30.3 Å². The van der Waals surface area contributed by atoms with Crippen molar-refractivity contribution in [1.82, 2.24) is 0 Å². The first-order valence-electron chi connectivity index (χ1n) is 6.25. The van der Waals surface area contributed by atoms with Crippen LogP contribution in [0.2, 0.25) is 5.02 Å². The number of hydrogen-bond acceptors (Lipinski definition) is 5. The number of nitriles is 1. The molecule has 5 N–H and O–H groups in total. The zero-order valence-electron chi connectivity index (χ0n) is 11.2. The van der Waals surface area contributed by atoms with E-state index in [4.69, 9.17) is 28.3 Å². The first-order valence-corrected chi connectivity index (χ1v) is 7.45. The first kappa shape index (κ1) is 14.3. The standard InChI is InChI=1S/C15H9ClN4OS/c16-9-3-1-7(2-4-9)12(21)13-11(18)10-5-8(6-17)14(19)20-15(10)22-13/h1-5H,18H2,(H2,19,20)/p+1. The van der Waals surface area contributed by atoms with Gasteiger partial charge < -0.3 is 5.73 Å². The van der Waals surface area contributed by atoms with Gasteiger partial charge in [-0.1, -0.05) is 22.9 Å². The Kier molecular flexibility index (Phi) is 3.45. The van der Waals surface area contributed by atoms with Crippen molar-refractivity contribution in [3.8, 4) is 6.07 Å². The number of hydrogen-bond donors (Lipinski definition) is 2. The van der Waals surface area contributed by atoms with Gasteiger partial charge in [0.15, 0.2) is 4.83 Å². The summed E-state index contributed by atoms with van der Waals surface area (Å²) < 4.78 is 0. The molecule has 0 bridgehead atoms. The number of fused-ring (bicyclic) bond motifs is 1. The first-order chi connectivity index (χ1) is 10.5. The molecule has 0 aliphatic rings. The number of aromatic nitrogens is 1. The summed E-state index contributed by atoms with van der Waals surface area (Å²) in [6.45, 7) is 0. The number of aromatic amines is 1. The van der Waals surface area contributed by atoms with Gasteiger partial charge in [-0.3, -0.25) is 10.5 Å². The number of thiophene rings is 1. The number of nitrogen functional groups attached to an aromatic ring is 2. The molecule has 0 radical (unpaired) electrons. The predicted octanol–water partition coefficient (Wildman–Crippen LogP) is 2.64. The molecule has 0 unspecified atom stereocenters. The number of carbonyl (C=O) groups excluding carboxylic acids is 1. The molecule has 5 nitrogen and oxygen atoms in total. The van der Waals surface area contributed by atoms with E-state index in [1.54, 1.807) is 30.3 Å². The Bertz CT molecular complexity index is 941. The Balaban J connectivity index is 2.15. The molecule has 0 saturated heterocycles. The summed E-state index contributed by atoms with van der Waals surface area (Å²) in [4.78, 5) is 16.5. The van der Waals surface area contributed by atoms with Crippen LogP contribution in [-0.2, 0) is 0 Å². The smallest absolute Gasteiger partial charge is 0.289 e. The Morgan fingerprint density at radius 1 is 1.27 bits per heavy atom. The maximum absolute atomic E-state index is 12.6. The molecule has 3 aromatic rings. The molecule has 0 aliphatic carbocycles. The maximum atomic E-state index is 12.6. The van der Waals surface area contributed by atoms with Crippen LogP contribution in [0, 0.1) is 11.3 Å². The average molecular weight is 330 g/mol.